The van der Waals surface area contributed by atoms with Gasteiger partial charge in [-0.3, -0.25) is 0 Å². The average Bonchev–Trinajstić information content (AvgIpc) is 3.06. The molecule has 0 radical (unpaired) electrons. The third-order valence-electron chi connectivity index (χ3n) is 4.31. The van der Waals surface area contributed by atoms with Crippen molar-refractivity contribution >= 4 is 5.65 Å². The number of aromatic nitrogens is 2. The van der Waals surface area contributed by atoms with Crippen molar-refractivity contribution in [3.05, 3.63) is 35.8 Å². The van der Waals surface area contributed by atoms with E-state index in [0.717, 1.165) is 43.7 Å². The van der Waals surface area contributed by atoms with Crippen LogP contribution in [0.4, 0.5) is 0 Å². The van der Waals surface area contributed by atoms with Crippen molar-refractivity contribution in [2.45, 2.75) is 31.9 Å². The third kappa shape index (κ3) is 2.92. The Morgan fingerprint density at radius 2 is 2.33 bits per heavy atom. The topological polar surface area (TPSA) is 64.6 Å². The predicted molar refractivity (Wildman–Crippen MR) is 79.6 cm³/mol. The van der Waals surface area contributed by atoms with Crippen LogP contribution in [-0.4, -0.2) is 39.1 Å². The number of aliphatic hydroxyl groups is 1. The van der Waals surface area contributed by atoms with E-state index in [9.17, 15) is 5.11 Å². The number of nitrogens with zero attached hydrogens (tertiary/aromatic N) is 4. The van der Waals surface area contributed by atoms with Gasteiger partial charge in [0.1, 0.15) is 11.7 Å². The van der Waals surface area contributed by atoms with Crippen molar-refractivity contribution in [2.75, 3.05) is 13.6 Å². The van der Waals surface area contributed by atoms with Crippen LogP contribution in [0.3, 0.4) is 0 Å². The third-order valence-corrected chi connectivity index (χ3v) is 4.31. The van der Waals surface area contributed by atoms with E-state index in [1.165, 1.54) is 0 Å². The van der Waals surface area contributed by atoms with Crippen molar-refractivity contribution in [3.8, 4) is 6.07 Å². The first-order valence-corrected chi connectivity index (χ1v) is 7.40. The summed E-state index contributed by atoms with van der Waals surface area (Å²) in [5.41, 5.74) is 2.56. The molecule has 5 nitrogen and oxygen atoms in total. The van der Waals surface area contributed by atoms with E-state index >= 15 is 0 Å². The maximum Gasteiger partial charge on any atom is 0.137 e. The molecule has 2 aromatic heterocycles. The summed E-state index contributed by atoms with van der Waals surface area (Å²) in [5.74, 6) is 0.379. The highest BCUT2D eigenvalue weighted by Gasteiger charge is 2.26. The molecule has 0 bridgehead atoms. The molecule has 1 N–H and O–H groups in total. The number of hydrogen-bond acceptors (Lipinski definition) is 4. The van der Waals surface area contributed by atoms with Crippen LogP contribution < -0.4 is 0 Å². The summed E-state index contributed by atoms with van der Waals surface area (Å²) >= 11 is 0. The molecule has 110 valence electrons. The van der Waals surface area contributed by atoms with E-state index in [1.54, 1.807) is 6.07 Å². The largest absolute Gasteiger partial charge is 0.393 e. The summed E-state index contributed by atoms with van der Waals surface area (Å²) in [6.07, 6.45) is 6.70. The molecular weight excluding hydrogens is 264 g/mol. The fourth-order valence-electron chi connectivity index (χ4n) is 3.19. The summed E-state index contributed by atoms with van der Waals surface area (Å²) in [4.78, 5) is 6.60. The van der Waals surface area contributed by atoms with E-state index in [-0.39, 0.29) is 6.10 Å². The number of pyridine rings is 1. The zero-order valence-corrected chi connectivity index (χ0v) is 12.2. The molecule has 1 aliphatic rings. The Labute approximate surface area is 124 Å². The minimum Gasteiger partial charge on any atom is -0.393 e. The maximum absolute atomic E-state index is 9.92. The highest BCUT2D eigenvalue weighted by molar-refractivity contribution is 5.44. The minimum atomic E-state index is -0.153. The van der Waals surface area contributed by atoms with Gasteiger partial charge in [0.15, 0.2) is 0 Å². The van der Waals surface area contributed by atoms with Crippen LogP contribution in [-0.2, 0) is 6.54 Å². The van der Waals surface area contributed by atoms with E-state index in [2.05, 4.69) is 23.0 Å². The van der Waals surface area contributed by atoms with Crippen LogP contribution >= 0.6 is 0 Å². The first-order valence-electron chi connectivity index (χ1n) is 7.40. The van der Waals surface area contributed by atoms with Crippen LogP contribution in [0.25, 0.3) is 5.65 Å². The van der Waals surface area contributed by atoms with Crippen LogP contribution in [0.15, 0.2) is 24.5 Å². The highest BCUT2D eigenvalue weighted by Crippen LogP contribution is 2.26. The summed E-state index contributed by atoms with van der Waals surface area (Å²) in [5, 5.41) is 18.9. The van der Waals surface area contributed by atoms with Crippen molar-refractivity contribution in [1.82, 2.24) is 14.3 Å². The Morgan fingerprint density at radius 3 is 3.05 bits per heavy atom. The van der Waals surface area contributed by atoms with Gasteiger partial charge in [0, 0.05) is 19.3 Å². The summed E-state index contributed by atoms with van der Waals surface area (Å²) in [6.45, 7) is 1.66. The number of aliphatic hydroxyl groups excluding tert-OH is 1. The minimum absolute atomic E-state index is 0.153. The zero-order valence-electron chi connectivity index (χ0n) is 12.2. The van der Waals surface area contributed by atoms with Gasteiger partial charge < -0.3 is 14.4 Å². The van der Waals surface area contributed by atoms with E-state index in [1.807, 2.05) is 22.9 Å². The SMILES string of the molecule is CN(Cc1cnc2ccc(C#N)cn12)CC1CCCC1O. The number of rotatable bonds is 4. The predicted octanol–water partition coefficient (Wildman–Crippen LogP) is 1.80. The van der Waals surface area contributed by atoms with Crippen molar-refractivity contribution < 1.29 is 5.11 Å². The first-order chi connectivity index (χ1) is 10.2. The first kappa shape index (κ1) is 14.1. The smallest absolute Gasteiger partial charge is 0.137 e. The highest BCUT2D eigenvalue weighted by atomic mass is 16.3. The molecular formula is C16H20N4O. The Hall–Kier alpha value is -1.90. The second-order valence-corrected chi connectivity index (χ2v) is 5.96. The lowest BCUT2D eigenvalue weighted by Crippen LogP contribution is -2.29. The number of nitriles is 1. The van der Waals surface area contributed by atoms with Crippen LogP contribution in [0.1, 0.15) is 30.5 Å². The molecule has 0 saturated heterocycles. The molecule has 5 heteroatoms. The molecule has 1 saturated carbocycles. The van der Waals surface area contributed by atoms with Crippen molar-refractivity contribution in [1.29, 1.82) is 5.26 Å². The molecule has 21 heavy (non-hydrogen) atoms. The van der Waals surface area contributed by atoms with Gasteiger partial charge in [-0.25, -0.2) is 4.98 Å². The number of fused-ring (bicyclic) bond motifs is 1. The fourth-order valence-corrected chi connectivity index (χ4v) is 3.19. The number of hydrogen-bond donors (Lipinski definition) is 1. The zero-order chi connectivity index (χ0) is 14.8. The molecule has 1 fully saturated rings. The van der Waals surface area contributed by atoms with Gasteiger partial charge in [-0.05, 0) is 37.9 Å². The van der Waals surface area contributed by atoms with Gasteiger partial charge in [0.25, 0.3) is 0 Å². The summed E-state index contributed by atoms with van der Waals surface area (Å²) in [7, 11) is 2.07. The molecule has 1 aliphatic carbocycles. The standard InChI is InChI=1S/C16H20N4O/c1-19(10-13-3-2-4-15(13)21)11-14-8-18-16-6-5-12(7-17)9-20(14)16/h5-6,8-9,13,15,21H,2-4,10-11H2,1H3. The lowest BCUT2D eigenvalue weighted by atomic mass is 10.1. The lowest BCUT2D eigenvalue weighted by Gasteiger charge is -2.22. The lowest BCUT2D eigenvalue weighted by molar-refractivity contribution is 0.107. The molecule has 2 atom stereocenters. The van der Waals surface area contributed by atoms with Gasteiger partial charge >= 0.3 is 0 Å². The molecule has 0 spiro atoms. The van der Waals surface area contributed by atoms with E-state index < -0.39 is 0 Å². The Balaban J connectivity index is 1.73. The molecule has 2 aromatic rings. The second-order valence-electron chi connectivity index (χ2n) is 5.96. The van der Waals surface area contributed by atoms with Gasteiger partial charge in [0.05, 0.1) is 23.6 Å². The molecule has 0 aromatic carbocycles. The molecule has 2 heterocycles. The number of imidazole rings is 1. The van der Waals surface area contributed by atoms with Crippen LogP contribution in [0.5, 0.6) is 0 Å². The Morgan fingerprint density at radius 1 is 1.48 bits per heavy atom. The summed E-state index contributed by atoms with van der Waals surface area (Å²) in [6, 6.07) is 5.81. The molecule has 3 rings (SSSR count). The van der Waals surface area contributed by atoms with E-state index in [4.69, 9.17) is 5.26 Å². The second kappa shape index (κ2) is 5.84. The summed E-state index contributed by atoms with van der Waals surface area (Å²) < 4.78 is 1.97. The van der Waals surface area contributed by atoms with Crippen LogP contribution in [0.2, 0.25) is 0 Å². The average molecular weight is 284 g/mol. The fraction of sp³-hybridized carbons (Fsp3) is 0.500. The monoisotopic (exact) mass is 284 g/mol. The molecule has 0 aliphatic heterocycles. The molecule has 2 unspecified atom stereocenters. The Bertz CT molecular complexity index is 672. The van der Waals surface area contributed by atoms with Crippen molar-refractivity contribution in [2.24, 2.45) is 5.92 Å². The van der Waals surface area contributed by atoms with Gasteiger partial charge in [-0.15, -0.1) is 0 Å². The molecule has 0 amide bonds. The van der Waals surface area contributed by atoms with E-state index in [0.29, 0.717) is 11.5 Å². The maximum atomic E-state index is 9.92. The normalized spacial score (nSPS) is 22.0. The van der Waals surface area contributed by atoms with Gasteiger partial charge in [-0.2, -0.15) is 5.26 Å². The van der Waals surface area contributed by atoms with Crippen molar-refractivity contribution in [3.63, 3.8) is 0 Å². The quantitative estimate of drug-likeness (QED) is 0.930. The Kier molecular flexibility index (Phi) is 3.91. The van der Waals surface area contributed by atoms with Crippen LogP contribution in [0, 0.1) is 17.2 Å². The van der Waals surface area contributed by atoms with Gasteiger partial charge in [0.2, 0.25) is 0 Å². The van der Waals surface area contributed by atoms with Gasteiger partial charge in [-0.1, -0.05) is 6.42 Å².